The van der Waals surface area contributed by atoms with E-state index in [1.165, 1.54) is 4.31 Å². The quantitative estimate of drug-likeness (QED) is 0.860. The summed E-state index contributed by atoms with van der Waals surface area (Å²) in [7, 11) is -3.54. The molecule has 110 valence electrons. The van der Waals surface area contributed by atoms with E-state index in [0.29, 0.717) is 12.1 Å². The van der Waals surface area contributed by atoms with Gasteiger partial charge in [-0.3, -0.25) is 0 Å². The smallest absolute Gasteiger partial charge is 0.244 e. The van der Waals surface area contributed by atoms with Crippen molar-refractivity contribution in [3.8, 4) is 11.8 Å². The molecule has 1 rings (SSSR count). The number of sulfonamides is 1. The van der Waals surface area contributed by atoms with Crippen molar-refractivity contribution in [2.45, 2.75) is 38.6 Å². The van der Waals surface area contributed by atoms with Crippen LogP contribution in [0.15, 0.2) is 23.1 Å². The summed E-state index contributed by atoms with van der Waals surface area (Å²) in [6.45, 7) is 8.09. The van der Waals surface area contributed by atoms with Crippen LogP contribution in [0, 0.1) is 18.8 Å². The Kier molecular flexibility index (Phi) is 5.75. The fourth-order valence-corrected chi connectivity index (χ4v) is 3.83. The SMILES string of the molecule is CCN(C(C)C)S(=O)(=O)c1ccc(C)cc1C#CCN. The van der Waals surface area contributed by atoms with Gasteiger partial charge in [0.05, 0.1) is 11.4 Å². The van der Waals surface area contributed by atoms with Gasteiger partial charge in [0, 0.05) is 18.2 Å². The first-order valence-corrected chi connectivity index (χ1v) is 8.10. The monoisotopic (exact) mass is 294 g/mol. The molecule has 5 heteroatoms. The molecule has 0 heterocycles. The van der Waals surface area contributed by atoms with Gasteiger partial charge in [0.15, 0.2) is 0 Å². The van der Waals surface area contributed by atoms with Crippen molar-refractivity contribution in [2.75, 3.05) is 13.1 Å². The van der Waals surface area contributed by atoms with E-state index in [9.17, 15) is 8.42 Å². The van der Waals surface area contributed by atoms with Gasteiger partial charge in [-0.05, 0) is 38.5 Å². The van der Waals surface area contributed by atoms with Crippen LogP contribution in [-0.2, 0) is 10.0 Å². The van der Waals surface area contributed by atoms with Crippen LogP contribution in [0.3, 0.4) is 0 Å². The molecule has 0 bridgehead atoms. The first-order chi connectivity index (χ1) is 9.34. The normalized spacial score (nSPS) is 11.6. The Labute approximate surface area is 122 Å². The van der Waals surface area contributed by atoms with Crippen LogP contribution in [0.2, 0.25) is 0 Å². The molecule has 20 heavy (non-hydrogen) atoms. The minimum Gasteiger partial charge on any atom is -0.320 e. The van der Waals surface area contributed by atoms with Crippen molar-refractivity contribution in [2.24, 2.45) is 5.73 Å². The van der Waals surface area contributed by atoms with E-state index in [2.05, 4.69) is 11.8 Å². The Hall–Kier alpha value is -1.35. The second kappa shape index (κ2) is 6.89. The zero-order chi connectivity index (χ0) is 15.3. The summed E-state index contributed by atoms with van der Waals surface area (Å²) in [5.74, 6) is 5.58. The lowest BCUT2D eigenvalue weighted by molar-refractivity contribution is 0.369. The number of rotatable bonds is 4. The van der Waals surface area contributed by atoms with Crippen LogP contribution in [0.1, 0.15) is 31.9 Å². The molecule has 0 saturated heterocycles. The maximum absolute atomic E-state index is 12.7. The lowest BCUT2D eigenvalue weighted by Gasteiger charge is -2.25. The molecule has 0 saturated carbocycles. The number of benzene rings is 1. The molecule has 0 aliphatic rings. The Morgan fingerprint density at radius 3 is 2.50 bits per heavy atom. The van der Waals surface area contributed by atoms with Gasteiger partial charge in [0.2, 0.25) is 10.0 Å². The highest BCUT2D eigenvalue weighted by atomic mass is 32.2. The standard InChI is InChI=1S/C15H22N2O2S/c1-5-17(12(2)3)20(18,19)15-9-8-13(4)11-14(15)7-6-10-16/h8-9,11-12H,5,10,16H2,1-4H3. The first-order valence-electron chi connectivity index (χ1n) is 6.66. The summed E-state index contributed by atoms with van der Waals surface area (Å²) in [5, 5.41) is 0. The maximum atomic E-state index is 12.7. The largest absolute Gasteiger partial charge is 0.320 e. The second-order valence-electron chi connectivity index (χ2n) is 4.81. The van der Waals surface area contributed by atoms with Crippen LogP contribution in [-0.4, -0.2) is 31.9 Å². The topological polar surface area (TPSA) is 63.4 Å². The summed E-state index contributed by atoms with van der Waals surface area (Å²) in [5.41, 5.74) is 6.85. The minimum atomic E-state index is -3.54. The molecular weight excluding hydrogens is 272 g/mol. The molecule has 0 aliphatic carbocycles. The van der Waals surface area contributed by atoms with Crippen molar-refractivity contribution in [1.82, 2.24) is 4.31 Å². The number of hydrogen-bond acceptors (Lipinski definition) is 3. The van der Waals surface area contributed by atoms with Crippen LogP contribution >= 0.6 is 0 Å². The summed E-state index contributed by atoms with van der Waals surface area (Å²) < 4.78 is 26.9. The summed E-state index contributed by atoms with van der Waals surface area (Å²) >= 11 is 0. The molecule has 0 unspecified atom stereocenters. The van der Waals surface area contributed by atoms with Crippen molar-refractivity contribution < 1.29 is 8.42 Å². The Balaban J connectivity index is 3.45. The van der Waals surface area contributed by atoms with E-state index in [0.717, 1.165) is 5.56 Å². The van der Waals surface area contributed by atoms with Gasteiger partial charge >= 0.3 is 0 Å². The molecule has 2 N–H and O–H groups in total. The maximum Gasteiger partial charge on any atom is 0.244 e. The number of nitrogens with zero attached hydrogens (tertiary/aromatic N) is 1. The van der Waals surface area contributed by atoms with E-state index in [4.69, 9.17) is 5.73 Å². The van der Waals surface area contributed by atoms with E-state index in [1.807, 2.05) is 27.7 Å². The molecule has 1 aromatic rings. The Morgan fingerprint density at radius 1 is 1.35 bits per heavy atom. The predicted molar refractivity (Wildman–Crippen MR) is 81.8 cm³/mol. The van der Waals surface area contributed by atoms with E-state index < -0.39 is 10.0 Å². The molecule has 0 fully saturated rings. The van der Waals surface area contributed by atoms with Crippen molar-refractivity contribution in [1.29, 1.82) is 0 Å². The van der Waals surface area contributed by atoms with E-state index in [1.54, 1.807) is 18.2 Å². The molecule has 0 radical (unpaired) electrons. The average molecular weight is 294 g/mol. The molecule has 0 atom stereocenters. The van der Waals surface area contributed by atoms with Gasteiger partial charge < -0.3 is 5.73 Å². The summed E-state index contributed by atoms with van der Waals surface area (Å²) in [6, 6.07) is 5.09. The van der Waals surface area contributed by atoms with Crippen LogP contribution in [0.5, 0.6) is 0 Å². The van der Waals surface area contributed by atoms with Crippen molar-refractivity contribution in [3.63, 3.8) is 0 Å². The van der Waals surface area contributed by atoms with E-state index >= 15 is 0 Å². The Morgan fingerprint density at radius 2 is 2.00 bits per heavy atom. The van der Waals surface area contributed by atoms with Crippen molar-refractivity contribution >= 4 is 10.0 Å². The number of nitrogens with two attached hydrogens (primary N) is 1. The van der Waals surface area contributed by atoms with E-state index in [-0.39, 0.29) is 17.5 Å². The first kappa shape index (κ1) is 16.7. The molecule has 0 amide bonds. The number of hydrogen-bond donors (Lipinski definition) is 1. The lowest BCUT2D eigenvalue weighted by Crippen LogP contribution is -2.37. The third-order valence-electron chi connectivity index (χ3n) is 2.93. The van der Waals surface area contributed by atoms with Crippen LogP contribution in [0.25, 0.3) is 0 Å². The fourth-order valence-electron chi connectivity index (χ4n) is 2.05. The molecule has 0 spiro atoms. The second-order valence-corrected chi connectivity index (χ2v) is 6.67. The minimum absolute atomic E-state index is 0.0957. The van der Waals surface area contributed by atoms with Crippen molar-refractivity contribution in [3.05, 3.63) is 29.3 Å². The lowest BCUT2D eigenvalue weighted by atomic mass is 10.1. The fraction of sp³-hybridized carbons (Fsp3) is 0.467. The third kappa shape index (κ3) is 3.60. The summed E-state index contributed by atoms with van der Waals surface area (Å²) in [6.07, 6.45) is 0. The highest BCUT2D eigenvalue weighted by Crippen LogP contribution is 2.22. The molecule has 4 nitrogen and oxygen atoms in total. The highest BCUT2D eigenvalue weighted by Gasteiger charge is 2.27. The number of aryl methyl sites for hydroxylation is 1. The van der Waals surface area contributed by atoms with Gasteiger partial charge in [-0.15, -0.1) is 0 Å². The van der Waals surface area contributed by atoms with Gasteiger partial charge in [-0.25, -0.2) is 8.42 Å². The third-order valence-corrected chi connectivity index (χ3v) is 5.14. The average Bonchev–Trinajstić information content (AvgIpc) is 2.35. The molecule has 0 aromatic heterocycles. The van der Waals surface area contributed by atoms with Gasteiger partial charge in [0.25, 0.3) is 0 Å². The summed E-state index contributed by atoms with van der Waals surface area (Å²) in [4.78, 5) is 0.250. The van der Waals surface area contributed by atoms with Crippen LogP contribution < -0.4 is 5.73 Å². The zero-order valence-corrected chi connectivity index (χ0v) is 13.3. The molecule has 1 aromatic carbocycles. The zero-order valence-electron chi connectivity index (χ0n) is 12.5. The van der Waals surface area contributed by atoms with Gasteiger partial charge in [-0.2, -0.15) is 4.31 Å². The predicted octanol–water partition coefficient (Wildman–Crippen LogP) is 1.72. The van der Waals surface area contributed by atoms with Gasteiger partial charge in [0.1, 0.15) is 0 Å². The molecular formula is C15H22N2O2S. The van der Waals surface area contributed by atoms with Crippen LogP contribution in [0.4, 0.5) is 0 Å². The van der Waals surface area contributed by atoms with Gasteiger partial charge in [-0.1, -0.05) is 24.8 Å². The highest BCUT2D eigenvalue weighted by molar-refractivity contribution is 7.89. The Bertz CT molecular complexity index is 625. The molecule has 0 aliphatic heterocycles.